The van der Waals surface area contributed by atoms with Crippen molar-refractivity contribution in [2.75, 3.05) is 20.2 Å². The van der Waals surface area contributed by atoms with E-state index in [9.17, 15) is 4.79 Å². The molecule has 0 aromatic heterocycles. The van der Waals surface area contributed by atoms with Gasteiger partial charge in [-0.2, -0.15) is 0 Å². The zero-order valence-electron chi connectivity index (χ0n) is 10.6. The van der Waals surface area contributed by atoms with E-state index in [1.165, 1.54) is 0 Å². The highest BCUT2D eigenvalue weighted by Gasteiger charge is 2.29. The van der Waals surface area contributed by atoms with Crippen LogP contribution in [0.3, 0.4) is 0 Å². The number of hydrogen-bond donors (Lipinski definition) is 2. The first-order valence-electron chi connectivity index (χ1n) is 6.14. The normalized spacial score (nSPS) is 17.6. The van der Waals surface area contributed by atoms with Crippen molar-refractivity contribution in [2.24, 2.45) is 5.92 Å². The minimum atomic E-state index is 0.0385. The largest absolute Gasteiger partial charge is 0.395 e. The van der Waals surface area contributed by atoms with Gasteiger partial charge in [-0.1, -0.05) is 13.8 Å². The Morgan fingerprint density at radius 2 is 2.12 bits per heavy atom. The van der Waals surface area contributed by atoms with Gasteiger partial charge in [-0.3, -0.25) is 4.79 Å². The van der Waals surface area contributed by atoms with Gasteiger partial charge in [-0.25, -0.2) is 0 Å². The number of aliphatic hydroxyl groups excluding tert-OH is 1. The molecule has 1 rings (SSSR count). The molecule has 0 aromatic carbocycles. The first-order chi connectivity index (χ1) is 7.54. The smallest absolute Gasteiger partial charge is 0.236 e. The van der Waals surface area contributed by atoms with Crippen molar-refractivity contribution in [3.05, 3.63) is 0 Å². The Morgan fingerprint density at radius 1 is 1.50 bits per heavy atom. The Morgan fingerprint density at radius 3 is 2.56 bits per heavy atom. The fourth-order valence-electron chi connectivity index (χ4n) is 1.81. The third-order valence-electron chi connectivity index (χ3n) is 3.01. The molecule has 0 aliphatic heterocycles. The molecule has 94 valence electrons. The molecule has 0 bridgehead atoms. The summed E-state index contributed by atoms with van der Waals surface area (Å²) in [5.74, 6) is 0.658. The summed E-state index contributed by atoms with van der Waals surface area (Å²) in [6, 6.07) is 0.503. The predicted octanol–water partition coefficient (Wildman–Crippen LogP) is 0.604. The van der Waals surface area contributed by atoms with Crippen LogP contribution in [-0.2, 0) is 4.79 Å². The molecule has 16 heavy (non-hydrogen) atoms. The summed E-state index contributed by atoms with van der Waals surface area (Å²) in [6.45, 7) is 4.66. The van der Waals surface area contributed by atoms with Crippen LogP contribution in [0.1, 0.15) is 33.1 Å². The number of nitrogens with one attached hydrogen (secondary N) is 1. The topological polar surface area (TPSA) is 52.6 Å². The van der Waals surface area contributed by atoms with E-state index in [1.807, 2.05) is 11.9 Å². The van der Waals surface area contributed by atoms with Crippen molar-refractivity contribution in [3.63, 3.8) is 0 Å². The molecule has 0 aromatic rings. The summed E-state index contributed by atoms with van der Waals surface area (Å²) >= 11 is 0. The van der Waals surface area contributed by atoms with Crippen molar-refractivity contribution < 1.29 is 9.90 Å². The fraction of sp³-hybridized carbons (Fsp3) is 0.917. The molecule has 1 aliphatic rings. The van der Waals surface area contributed by atoms with Gasteiger partial charge in [0.05, 0.1) is 13.2 Å². The average Bonchev–Trinajstić information content (AvgIpc) is 3.05. The molecule has 4 nitrogen and oxygen atoms in total. The molecule has 0 radical (unpaired) electrons. The van der Waals surface area contributed by atoms with E-state index in [1.54, 1.807) is 0 Å². The molecule has 0 spiro atoms. The van der Waals surface area contributed by atoms with Crippen LogP contribution in [0, 0.1) is 5.92 Å². The minimum Gasteiger partial charge on any atom is -0.395 e. The Labute approximate surface area is 98.0 Å². The second-order valence-electron chi connectivity index (χ2n) is 5.13. The van der Waals surface area contributed by atoms with Gasteiger partial charge in [0, 0.05) is 19.1 Å². The van der Waals surface area contributed by atoms with E-state index in [0.29, 0.717) is 18.5 Å². The van der Waals surface area contributed by atoms with E-state index >= 15 is 0 Å². The lowest BCUT2D eigenvalue weighted by Crippen LogP contribution is -2.42. The van der Waals surface area contributed by atoms with Crippen LogP contribution in [0.25, 0.3) is 0 Å². The first-order valence-corrected chi connectivity index (χ1v) is 6.14. The van der Waals surface area contributed by atoms with E-state index in [0.717, 1.165) is 19.3 Å². The molecule has 4 heteroatoms. The third-order valence-corrected chi connectivity index (χ3v) is 3.01. The maximum absolute atomic E-state index is 11.7. The van der Waals surface area contributed by atoms with Crippen molar-refractivity contribution in [1.29, 1.82) is 0 Å². The first kappa shape index (κ1) is 13.5. The van der Waals surface area contributed by atoms with Crippen LogP contribution in [0.4, 0.5) is 0 Å². The van der Waals surface area contributed by atoms with Gasteiger partial charge in [0.15, 0.2) is 0 Å². The number of amides is 1. The lowest BCUT2D eigenvalue weighted by atomic mass is 10.0. The monoisotopic (exact) mass is 228 g/mol. The zero-order valence-corrected chi connectivity index (χ0v) is 10.6. The Bertz CT molecular complexity index is 227. The number of carbonyl (C=O) groups is 1. The lowest BCUT2D eigenvalue weighted by molar-refractivity contribution is -0.129. The second-order valence-corrected chi connectivity index (χ2v) is 5.13. The number of aliphatic hydroxyl groups is 1. The van der Waals surface area contributed by atoms with Crippen LogP contribution < -0.4 is 5.32 Å². The Kier molecular flexibility index (Phi) is 5.22. The van der Waals surface area contributed by atoms with Crippen molar-refractivity contribution in [3.8, 4) is 0 Å². The molecule has 1 fully saturated rings. The van der Waals surface area contributed by atoms with Gasteiger partial charge >= 0.3 is 0 Å². The van der Waals surface area contributed by atoms with Gasteiger partial charge in [0.25, 0.3) is 0 Å². The molecule has 1 unspecified atom stereocenters. The molecule has 1 amide bonds. The molecular formula is C12H24N2O2. The van der Waals surface area contributed by atoms with Gasteiger partial charge in [0.1, 0.15) is 0 Å². The minimum absolute atomic E-state index is 0.0385. The number of carbonyl (C=O) groups excluding carboxylic acids is 1. The SMILES string of the molecule is CC(C)CC(CO)NCC(=O)N(C)C1CC1. The van der Waals surface area contributed by atoms with E-state index in [4.69, 9.17) is 5.11 Å². The van der Waals surface area contributed by atoms with Crippen LogP contribution in [0.2, 0.25) is 0 Å². The lowest BCUT2D eigenvalue weighted by Gasteiger charge is -2.21. The molecule has 0 saturated heterocycles. The zero-order chi connectivity index (χ0) is 12.1. The number of nitrogens with zero attached hydrogens (tertiary/aromatic N) is 1. The fourth-order valence-corrected chi connectivity index (χ4v) is 1.81. The molecule has 1 aliphatic carbocycles. The standard InChI is InChI=1S/C12H24N2O2/c1-9(2)6-10(8-15)13-7-12(16)14(3)11-4-5-11/h9-11,13,15H,4-8H2,1-3H3. The van der Waals surface area contributed by atoms with Gasteiger partial charge in [-0.05, 0) is 25.2 Å². The highest BCUT2D eigenvalue weighted by Crippen LogP contribution is 2.25. The van der Waals surface area contributed by atoms with E-state index < -0.39 is 0 Å². The predicted molar refractivity (Wildman–Crippen MR) is 64.1 cm³/mol. The maximum Gasteiger partial charge on any atom is 0.236 e. The summed E-state index contributed by atoms with van der Waals surface area (Å²) < 4.78 is 0. The highest BCUT2D eigenvalue weighted by atomic mass is 16.3. The summed E-state index contributed by atoms with van der Waals surface area (Å²) in [5, 5.41) is 12.3. The number of likely N-dealkylation sites (N-methyl/N-ethyl adjacent to an activating group) is 1. The van der Waals surface area contributed by atoms with E-state index in [-0.39, 0.29) is 18.6 Å². The molecule has 1 atom stereocenters. The number of hydrogen-bond acceptors (Lipinski definition) is 3. The molecule has 2 N–H and O–H groups in total. The van der Waals surface area contributed by atoms with Crippen LogP contribution >= 0.6 is 0 Å². The van der Waals surface area contributed by atoms with Crippen molar-refractivity contribution in [1.82, 2.24) is 10.2 Å². The molecule has 1 saturated carbocycles. The van der Waals surface area contributed by atoms with Gasteiger partial charge in [0.2, 0.25) is 5.91 Å². The Hall–Kier alpha value is -0.610. The van der Waals surface area contributed by atoms with E-state index in [2.05, 4.69) is 19.2 Å². The van der Waals surface area contributed by atoms with Crippen LogP contribution in [0.15, 0.2) is 0 Å². The maximum atomic E-state index is 11.7. The summed E-state index contributed by atoms with van der Waals surface area (Å²) in [6.07, 6.45) is 3.17. The summed E-state index contributed by atoms with van der Waals surface area (Å²) in [7, 11) is 1.86. The summed E-state index contributed by atoms with van der Waals surface area (Å²) in [4.78, 5) is 13.5. The average molecular weight is 228 g/mol. The van der Waals surface area contributed by atoms with Crippen LogP contribution in [0.5, 0.6) is 0 Å². The highest BCUT2D eigenvalue weighted by molar-refractivity contribution is 5.78. The third kappa shape index (κ3) is 4.49. The van der Waals surface area contributed by atoms with Crippen LogP contribution in [-0.4, -0.2) is 48.2 Å². The van der Waals surface area contributed by atoms with Gasteiger partial charge < -0.3 is 15.3 Å². The van der Waals surface area contributed by atoms with Crippen molar-refractivity contribution in [2.45, 2.75) is 45.2 Å². The number of rotatable bonds is 7. The summed E-state index contributed by atoms with van der Waals surface area (Å²) in [5.41, 5.74) is 0. The second kappa shape index (κ2) is 6.21. The Balaban J connectivity index is 2.22. The molecule has 0 heterocycles. The molecular weight excluding hydrogens is 204 g/mol. The quantitative estimate of drug-likeness (QED) is 0.671. The van der Waals surface area contributed by atoms with Gasteiger partial charge in [-0.15, -0.1) is 0 Å². The van der Waals surface area contributed by atoms with Crippen molar-refractivity contribution >= 4 is 5.91 Å².